The molecule has 31 heavy (non-hydrogen) atoms. The fraction of sp³-hybridized carbons (Fsp3) is 0.0417. The Hall–Kier alpha value is -3.58. The van der Waals surface area contributed by atoms with Crippen molar-refractivity contribution in [3.63, 3.8) is 0 Å². The van der Waals surface area contributed by atoms with Gasteiger partial charge in [0.2, 0.25) is 0 Å². The Morgan fingerprint density at radius 1 is 0.903 bits per heavy atom. The first-order valence-electron chi connectivity index (χ1n) is 9.29. The van der Waals surface area contributed by atoms with Crippen molar-refractivity contribution < 1.29 is 18.8 Å². The van der Waals surface area contributed by atoms with Gasteiger partial charge in [-0.1, -0.05) is 40.2 Å². The third kappa shape index (κ3) is 5.96. The second-order valence-electron chi connectivity index (χ2n) is 6.63. The molecule has 5 nitrogen and oxygen atoms in total. The molecule has 2 N–H and O–H groups in total. The highest BCUT2D eigenvalue weighted by Gasteiger charge is 2.17. The van der Waals surface area contributed by atoms with E-state index in [1.54, 1.807) is 48.5 Å². The molecule has 7 heteroatoms. The lowest BCUT2D eigenvalue weighted by molar-refractivity contribution is -0.113. The molecule has 0 spiro atoms. The lowest BCUT2D eigenvalue weighted by Gasteiger charge is -2.12. The summed E-state index contributed by atoms with van der Waals surface area (Å²) in [7, 11) is 0. The molecule has 0 saturated heterocycles. The smallest absolute Gasteiger partial charge is 0.272 e. The van der Waals surface area contributed by atoms with E-state index < -0.39 is 17.6 Å². The fourth-order valence-electron chi connectivity index (χ4n) is 2.71. The SMILES string of the molecule is CC(=O)c1ccc(NC(=O)C(=Cc2ccc(Br)cc2)NC(=O)c2ccccc2F)cc1. The molecule has 0 aliphatic carbocycles. The van der Waals surface area contributed by atoms with Gasteiger partial charge in [0.05, 0.1) is 5.56 Å². The van der Waals surface area contributed by atoms with Gasteiger partial charge < -0.3 is 10.6 Å². The zero-order valence-electron chi connectivity index (χ0n) is 16.5. The van der Waals surface area contributed by atoms with Crippen LogP contribution in [-0.2, 0) is 4.79 Å². The average Bonchev–Trinajstić information content (AvgIpc) is 2.75. The van der Waals surface area contributed by atoms with E-state index in [1.807, 2.05) is 0 Å². The Labute approximate surface area is 187 Å². The summed E-state index contributed by atoms with van der Waals surface area (Å²) in [5.74, 6) is -2.12. The third-order valence-corrected chi connectivity index (χ3v) is 4.87. The molecule has 2 amide bonds. The van der Waals surface area contributed by atoms with E-state index in [1.165, 1.54) is 37.3 Å². The van der Waals surface area contributed by atoms with E-state index >= 15 is 0 Å². The molecule has 0 unspecified atom stereocenters. The minimum absolute atomic E-state index is 0.0637. The molecule has 0 saturated carbocycles. The molecule has 0 aliphatic heterocycles. The molecule has 0 radical (unpaired) electrons. The zero-order chi connectivity index (χ0) is 22.4. The minimum Gasteiger partial charge on any atom is -0.321 e. The maximum absolute atomic E-state index is 14.0. The first-order chi connectivity index (χ1) is 14.8. The van der Waals surface area contributed by atoms with Crippen LogP contribution in [0, 0.1) is 5.82 Å². The fourth-order valence-corrected chi connectivity index (χ4v) is 2.97. The van der Waals surface area contributed by atoms with Crippen molar-refractivity contribution >= 4 is 45.3 Å². The number of nitrogens with one attached hydrogen (secondary N) is 2. The van der Waals surface area contributed by atoms with Crippen LogP contribution >= 0.6 is 15.9 Å². The summed E-state index contributed by atoms with van der Waals surface area (Å²) in [6.07, 6.45) is 1.49. The Bertz CT molecular complexity index is 1160. The van der Waals surface area contributed by atoms with Gasteiger partial charge in [0.1, 0.15) is 11.5 Å². The predicted molar refractivity (Wildman–Crippen MR) is 121 cm³/mol. The largest absolute Gasteiger partial charge is 0.321 e. The maximum atomic E-state index is 14.0. The number of benzene rings is 3. The number of Topliss-reactive ketones (excluding diaryl/α,β-unsaturated/α-hetero) is 1. The molecule has 3 aromatic carbocycles. The maximum Gasteiger partial charge on any atom is 0.272 e. The van der Waals surface area contributed by atoms with Crippen molar-refractivity contribution in [3.05, 3.63) is 105 Å². The number of anilines is 1. The highest BCUT2D eigenvalue weighted by atomic mass is 79.9. The van der Waals surface area contributed by atoms with Gasteiger partial charge in [0.15, 0.2) is 5.78 Å². The Balaban J connectivity index is 1.88. The number of halogens is 2. The molecular weight excluding hydrogens is 463 g/mol. The van der Waals surface area contributed by atoms with Gasteiger partial charge >= 0.3 is 0 Å². The lowest BCUT2D eigenvalue weighted by Crippen LogP contribution is -2.31. The van der Waals surface area contributed by atoms with Crippen LogP contribution in [0.5, 0.6) is 0 Å². The number of hydrogen-bond acceptors (Lipinski definition) is 3. The molecule has 0 aliphatic rings. The lowest BCUT2D eigenvalue weighted by atomic mass is 10.1. The van der Waals surface area contributed by atoms with Gasteiger partial charge in [-0.15, -0.1) is 0 Å². The summed E-state index contributed by atoms with van der Waals surface area (Å²) in [5.41, 5.74) is 1.37. The monoisotopic (exact) mass is 480 g/mol. The minimum atomic E-state index is -0.747. The number of carbonyl (C=O) groups excluding carboxylic acids is 3. The van der Waals surface area contributed by atoms with Crippen LogP contribution in [0.1, 0.15) is 33.2 Å². The van der Waals surface area contributed by atoms with Gasteiger partial charge in [-0.25, -0.2) is 4.39 Å². The highest BCUT2D eigenvalue weighted by molar-refractivity contribution is 9.10. The van der Waals surface area contributed by atoms with Gasteiger partial charge in [0, 0.05) is 15.7 Å². The average molecular weight is 481 g/mol. The van der Waals surface area contributed by atoms with Crippen LogP contribution < -0.4 is 10.6 Å². The van der Waals surface area contributed by atoms with Gasteiger partial charge in [-0.2, -0.15) is 0 Å². The van der Waals surface area contributed by atoms with Crippen LogP contribution in [0.2, 0.25) is 0 Å². The van der Waals surface area contributed by atoms with E-state index in [0.717, 1.165) is 4.47 Å². The van der Waals surface area contributed by atoms with Crippen LogP contribution in [0.3, 0.4) is 0 Å². The molecule has 0 bridgehead atoms. The van der Waals surface area contributed by atoms with Crippen LogP contribution in [0.15, 0.2) is 83.0 Å². The van der Waals surface area contributed by atoms with Crippen LogP contribution in [0.25, 0.3) is 6.08 Å². The van der Waals surface area contributed by atoms with Crippen molar-refractivity contribution in [2.45, 2.75) is 6.92 Å². The second kappa shape index (κ2) is 9.95. The van der Waals surface area contributed by atoms with E-state index in [9.17, 15) is 18.8 Å². The Kier molecular flexibility index (Phi) is 7.10. The number of carbonyl (C=O) groups is 3. The highest BCUT2D eigenvalue weighted by Crippen LogP contribution is 2.16. The normalized spacial score (nSPS) is 11.0. The quantitative estimate of drug-likeness (QED) is 0.376. The molecule has 0 fully saturated rings. The summed E-state index contributed by atoms with van der Waals surface area (Å²) in [6, 6.07) is 19.0. The van der Waals surface area contributed by atoms with Crippen molar-refractivity contribution in [2.24, 2.45) is 0 Å². The van der Waals surface area contributed by atoms with Crippen molar-refractivity contribution in [3.8, 4) is 0 Å². The summed E-state index contributed by atoms with van der Waals surface area (Å²) >= 11 is 3.34. The predicted octanol–water partition coefficient (Wildman–Crippen LogP) is 5.20. The summed E-state index contributed by atoms with van der Waals surface area (Å²) in [5, 5.41) is 5.17. The van der Waals surface area contributed by atoms with Gasteiger partial charge in [0.25, 0.3) is 11.8 Å². The van der Waals surface area contributed by atoms with Crippen LogP contribution in [-0.4, -0.2) is 17.6 Å². The number of hydrogen-bond donors (Lipinski definition) is 2. The third-order valence-electron chi connectivity index (χ3n) is 4.34. The summed E-state index contributed by atoms with van der Waals surface area (Å²) < 4.78 is 14.9. The number of rotatable bonds is 6. The first-order valence-corrected chi connectivity index (χ1v) is 10.1. The molecule has 0 atom stereocenters. The molecule has 3 rings (SSSR count). The van der Waals surface area contributed by atoms with Gasteiger partial charge in [-0.3, -0.25) is 14.4 Å². The standard InChI is InChI=1S/C24H18BrFN2O3/c1-15(29)17-8-12-19(13-9-17)27-24(31)22(14-16-6-10-18(25)11-7-16)28-23(30)20-4-2-3-5-21(20)26/h2-14H,1H3,(H,27,31)(H,28,30). The molecule has 3 aromatic rings. The molecule has 0 aromatic heterocycles. The topological polar surface area (TPSA) is 75.3 Å². The van der Waals surface area contributed by atoms with Crippen LogP contribution in [0.4, 0.5) is 10.1 Å². The van der Waals surface area contributed by atoms with E-state index in [0.29, 0.717) is 16.8 Å². The molecule has 0 heterocycles. The van der Waals surface area contributed by atoms with Gasteiger partial charge in [-0.05, 0) is 67.1 Å². The van der Waals surface area contributed by atoms with E-state index in [2.05, 4.69) is 26.6 Å². The summed E-state index contributed by atoms with van der Waals surface area (Å²) in [4.78, 5) is 36.9. The Morgan fingerprint density at radius 3 is 2.16 bits per heavy atom. The van der Waals surface area contributed by atoms with Crippen molar-refractivity contribution in [1.29, 1.82) is 0 Å². The molecular formula is C24H18BrFN2O3. The number of ketones is 1. The van der Waals surface area contributed by atoms with Crippen molar-refractivity contribution in [2.75, 3.05) is 5.32 Å². The van der Waals surface area contributed by atoms with E-state index in [4.69, 9.17) is 0 Å². The summed E-state index contributed by atoms with van der Waals surface area (Å²) in [6.45, 7) is 1.45. The molecule has 156 valence electrons. The zero-order valence-corrected chi connectivity index (χ0v) is 18.1. The Morgan fingerprint density at radius 2 is 1.55 bits per heavy atom. The first kappa shape index (κ1) is 22.1. The second-order valence-corrected chi connectivity index (χ2v) is 7.55. The number of amides is 2. The van der Waals surface area contributed by atoms with E-state index in [-0.39, 0.29) is 17.0 Å². The van der Waals surface area contributed by atoms with Crippen molar-refractivity contribution in [1.82, 2.24) is 5.32 Å².